The van der Waals surface area contributed by atoms with E-state index < -0.39 is 0 Å². The predicted octanol–water partition coefficient (Wildman–Crippen LogP) is 2.95. The summed E-state index contributed by atoms with van der Waals surface area (Å²) >= 11 is 0. The summed E-state index contributed by atoms with van der Waals surface area (Å²) in [4.78, 5) is 13.0. The minimum atomic E-state index is 0.0537. The zero-order valence-corrected chi connectivity index (χ0v) is 15.0. The third-order valence-corrected chi connectivity index (χ3v) is 4.33. The van der Waals surface area contributed by atoms with Crippen molar-refractivity contribution >= 4 is 17.3 Å². The first kappa shape index (κ1) is 16.8. The Morgan fingerprint density at radius 3 is 2.74 bits per heavy atom. The molecule has 0 spiro atoms. The first-order chi connectivity index (χ1) is 13.2. The van der Waals surface area contributed by atoms with Gasteiger partial charge in [-0.3, -0.25) is 0 Å². The van der Waals surface area contributed by atoms with Crippen LogP contribution in [0.4, 0.5) is 11.6 Å². The Morgan fingerprint density at radius 2 is 1.96 bits per heavy atom. The molecule has 0 amide bonds. The molecule has 3 aromatic heterocycles. The molecule has 4 rings (SSSR count). The van der Waals surface area contributed by atoms with Crippen LogP contribution in [0.1, 0.15) is 18.5 Å². The normalized spacial score (nSPS) is 12.1. The number of rotatable bonds is 5. The summed E-state index contributed by atoms with van der Waals surface area (Å²) < 4.78 is 6.84. The molecule has 0 radical (unpaired) electrons. The second kappa shape index (κ2) is 6.91. The molecule has 0 aliphatic carbocycles. The van der Waals surface area contributed by atoms with Crippen molar-refractivity contribution in [3.8, 4) is 17.0 Å². The van der Waals surface area contributed by atoms with Crippen molar-refractivity contribution in [1.82, 2.24) is 24.6 Å². The molecule has 1 atom stereocenters. The van der Waals surface area contributed by atoms with E-state index in [-0.39, 0.29) is 6.04 Å². The zero-order chi connectivity index (χ0) is 18.8. The fourth-order valence-electron chi connectivity index (χ4n) is 2.92. The first-order valence-electron chi connectivity index (χ1n) is 8.47. The van der Waals surface area contributed by atoms with Crippen LogP contribution in [0.5, 0.6) is 5.75 Å². The predicted molar refractivity (Wildman–Crippen MR) is 103 cm³/mol. The second-order valence-electron chi connectivity index (χ2n) is 6.08. The average Bonchev–Trinajstić information content (AvgIpc) is 3.04. The Kier molecular flexibility index (Phi) is 4.29. The van der Waals surface area contributed by atoms with E-state index in [1.165, 1.54) is 6.33 Å². The summed E-state index contributed by atoms with van der Waals surface area (Å²) in [5.41, 5.74) is 9.22. The van der Waals surface area contributed by atoms with Crippen molar-refractivity contribution in [3.05, 3.63) is 60.7 Å². The Hall–Kier alpha value is -3.68. The summed E-state index contributed by atoms with van der Waals surface area (Å²) in [5, 5.41) is 7.67. The molecule has 1 aromatic carbocycles. The number of ether oxygens (including phenoxy) is 1. The smallest absolute Gasteiger partial charge is 0.166 e. The number of aromatic nitrogens is 5. The molecule has 0 aliphatic rings. The van der Waals surface area contributed by atoms with Crippen molar-refractivity contribution in [2.75, 3.05) is 18.2 Å². The molecular weight excluding hydrogens is 342 g/mol. The zero-order valence-electron chi connectivity index (χ0n) is 15.0. The van der Waals surface area contributed by atoms with Crippen molar-refractivity contribution in [3.63, 3.8) is 0 Å². The van der Waals surface area contributed by atoms with Crippen LogP contribution in [0.3, 0.4) is 0 Å². The molecule has 27 heavy (non-hydrogen) atoms. The number of benzene rings is 1. The maximum atomic E-state index is 6.09. The van der Waals surface area contributed by atoms with Crippen molar-refractivity contribution in [2.24, 2.45) is 0 Å². The quantitative estimate of drug-likeness (QED) is 0.563. The molecular formula is C19H19N7O. The maximum Gasteiger partial charge on any atom is 0.166 e. The van der Waals surface area contributed by atoms with Gasteiger partial charge in [0.2, 0.25) is 0 Å². The van der Waals surface area contributed by atoms with Crippen LogP contribution in [-0.2, 0) is 0 Å². The van der Waals surface area contributed by atoms with Gasteiger partial charge in [-0.2, -0.15) is 0 Å². The molecule has 4 aromatic rings. The highest BCUT2D eigenvalue weighted by atomic mass is 16.5. The lowest BCUT2D eigenvalue weighted by Crippen LogP contribution is -2.08. The van der Waals surface area contributed by atoms with E-state index in [1.807, 2.05) is 30.3 Å². The fraction of sp³-hybridized carbons (Fsp3) is 0.158. The summed E-state index contributed by atoms with van der Waals surface area (Å²) in [7, 11) is 1.65. The topological polar surface area (TPSA) is 103 Å². The summed E-state index contributed by atoms with van der Waals surface area (Å²) in [6.07, 6.45) is 5.00. The highest BCUT2D eigenvalue weighted by molar-refractivity contribution is 5.84. The van der Waals surface area contributed by atoms with Gasteiger partial charge in [-0.1, -0.05) is 12.1 Å². The summed E-state index contributed by atoms with van der Waals surface area (Å²) in [5.74, 6) is 1.89. The molecule has 136 valence electrons. The fourth-order valence-corrected chi connectivity index (χ4v) is 2.92. The van der Waals surface area contributed by atoms with Gasteiger partial charge in [-0.05, 0) is 30.7 Å². The van der Waals surface area contributed by atoms with E-state index in [0.29, 0.717) is 28.5 Å². The van der Waals surface area contributed by atoms with Gasteiger partial charge in [-0.25, -0.2) is 19.5 Å². The number of methoxy groups -OCH3 is 1. The van der Waals surface area contributed by atoms with Gasteiger partial charge in [0.1, 0.15) is 17.9 Å². The van der Waals surface area contributed by atoms with Gasteiger partial charge in [0, 0.05) is 24.5 Å². The van der Waals surface area contributed by atoms with Crippen LogP contribution in [-0.4, -0.2) is 31.7 Å². The number of nitrogens with one attached hydrogen (secondary N) is 1. The lowest BCUT2D eigenvalue weighted by Gasteiger charge is -2.15. The molecule has 8 heteroatoms. The number of nitrogens with zero attached hydrogens (tertiary/aromatic N) is 5. The van der Waals surface area contributed by atoms with Crippen LogP contribution in [0.15, 0.2) is 55.1 Å². The lowest BCUT2D eigenvalue weighted by atomic mass is 10.1. The summed E-state index contributed by atoms with van der Waals surface area (Å²) in [6, 6.07) is 11.6. The molecule has 0 saturated carbocycles. The van der Waals surface area contributed by atoms with E-state index in [4.69, 9.17) is 10.5 Å². The van der Waals surface area contributed by atoms with Crippen molar-refractivity contribution < 1.29 is 4.74 Å². The largest absolute Gasteiger partial charge is 0.497 e. The SMILES string of the molecule is COc1ccc([C@H](C)Nc2cc(-c3c(N)nn4cccnc34)ncn2)cc1. The van der Waals surface area contributed by atoms with Crippen LogP contribution in [0.25, 0.3) is 16.9 Å². The van der Waals surface area contributed by atoms with E-state index in [2.05, 4.69) is 32.3 Å². The number of hydrogen-bond acceptors (Lipinski definition) is 7. The maximum absolute atomic E-state index is 6.09. The standard InChI is InChI=1S/C19H19N7O/c1-12(13-4-6-14(27-2)7-5-13)24-16-10-15(22-11-23-16)17-18(20)25-26-9-3-8-21-19(17)26/h3-12H,1-2H3,(H2,20,25)(H,22,23,24)/t12-/m0/s1. The Bertz CT molecular complexity index is 1080. The highest BCUT2D eigenvalue weighted by Gasteiger charge is 2.16. The van der Waals surface area contributed by atoms with Crippen molar-refractivity contribution in [2.45, 2.75) is 13.0 Å². The van der Waals surface area contributed by atoms with Gasteiger partial charge in [0.25, 0.3) is 0 Å². The molecule has 0 unspecified atom stereocenters. The number of hydrogen-bond donors (Lipinski definition) is 2. The Morgan fingerprint density at radius 1 is 1.15 bits per heavy atom. The number of nitrogens with two attached hydrogens (primary N) is 1. The number of fused-ring (bicyclic) bond motifs is 1. The molecule has 0 aliphatic heterocycles. The van der Waals surface area contributed by atoms with E-state index in [1.54, 1.807) is 30.1 Å². The van der Waals surface area contributed by atoms with Crippen LogP contribution in [0.2, 0.25) is 0 Å². The van der Waals surface area contributed by atoms with Gasteiger partial charge < -0.3 is 15.8 Å². The van der Waals surface area contributed by atoms with Gasteiger partial charge in [0.15, 0.2) is 11.5 Å². The van der Waals surface area contributed by atoms with E-state index in [0.717, 1.165) is 11.3 Å². The lowest BCUT2D eigenvalue weighted by molar-refractivity contribution is 0.414. The summed E-state index contributed by atoms with van der Waals surface area (Å²) in [6.45, 7) is 2.06. The Labute approximate surface area is 156 Å². The van der Waals surface area contributed by atoms with Gasteiger partial charge in [-0.15, -0.1) is 5.10 Å². The van der Waals surface area contributed by atoms with E-state index in [9.17, 15) is 0 Å². The van der Waals surface area contributed by atoms with Crippen LogP contribution < -0.4 is 15.8 Å². The third kappa shape index (κ3) is 3.24. The number of nitrogen functional groups attached to an aromatic ring is 1. The van der Waals surface area contributed by atoms with Gasteiger partial charge in [0.05, 0.1) is 18.4 Å². The number of anilines is 2. The minimum absolute atomic E-state index is 0.0537. The van der Waals surface area contributed by atoms with E-state index >= 15 is 0 Å². The van der Waals surface area contributed by atoms with Crippen molar-refractivity contribution in [1.29, 1.82) is 0 Å². The third-order valence-electron chi connectivity index (χ3n) is 4.33. The molecule has 0 bridgehead atoms. The first-order valence-corrected chi connectivity index (χ1v) is 8.47. The second-order valence-corrected chi connectivity index (χ2v) is 6.08. The minimum Gasteiger partial charge on any atom is -0.497 e. The molecule has 8 nitrogen and oxygen atoms in total. The molecule has 3 N–H and O–H groups in total. The Balaban J connectivity index is 1.63. The average molecular weight is 361 g/mol. The monoisotopic (exact) mass is 361 g/mol. The molecule has 0 fully saturated rings. The van der Waals surface area contributed by atoms with Gasteiger partial charge >= 0.3 is 0 Å². The van der Waals surface area contributed by atoms with Crippen LogP contribution >= 0.6 is 0 Å². The van der Waals surface area contributed by atoms with Crippen LogP contribution in [0, 0.1) is 0 Å². The molecule has 0 saturated heterocycles. The highest BCUT2D eigenvalue weighted by Crippen LogP contribution is 2.29. The molecule has 3 heterocycles.